The van der Waals surface area contributed by atoms with Gasteiger partial charge in [-0.2, -0.15) is 0 Å². The van der Waals surface area contributed by atoms with Gasteiger partial charge in [-0.05, 0) is 25.0 Å². The van der Waals surface area contributed by atoms with Gasteiger partial charge in [0.2, 0.25) is 0 Å². The molecule has 3 nitrogen and oxygen atoms in total. The van der Waals surface area contributed by atoms with Gasteiger partial charge in [-0.3, -0.25) is 0 Å². The summed E-state index contributed by atoms with van der Waals surface area (Å²) >= 11 is 5.92. The van der Waals surface area contributed by atoms with E-state index in [1.807, 2.05) is 0 Å². The van der Waals surface area contributed by atoms with Crippen LogP contribution in [0.25, 0.3) is 0 Å². The molecular weight excluding hydrogens is 248 g/mol. The molecule has 0 N–H and O–H groups in total. The maximum Gasteiger partial charge on any atom is 0.182 e. The van der Waals surface area contributed by atoms with Crippen LogP contribution in [0, 0.1) is 0 Å². The van der Waals surface area contributed by atoms with Crippen LogP contribution in [0.15, 0.2) is 29.2 Å². The Bertz CT molecular complexity index is 516. The second-order valence-electron chi connectivity index (χ2n) is 4.28. The van der Waals surface area contributed by atoms with Crippen LogP contribution in [0.5, 0.6) is 0 Å². The fourth-order valence-electron chi connectivity index (χ4n) is 2.32. The number of halogens is 1. The highest BCUT2D eigenvalue weighted by molar-refractivity contribution is 7.92. The van der Waals surface area contributed by atoms with Crippen molar-refractivity contribution < 1.29 is 13.2 Å². The third-order valence-electron chi connectivity index (χ3n) is 3.26. The predicted molar refractivity (Wildman–Crippen MR) is 60.3 cm³/mol. The zero-order valence-electron chi connectivity index (χ0n) is 8.47. The first-order valence-corrected chi connectivity index (χ1v) is 7.15. The van der Waals surface area contributed by atoms with Gasteiger partial charge in [0, 0.05) is 0 Å². The van der Waals surface area contributed by atoms with Crippen LogP contribution >= 0.6 is 11.6 Å². The second-order valence-corrected chi connectivity index (χ2v) is 6.89. The van der Waals surface area contributed by atoms with Crippen LogP contribution in [-0.4, -0.2) is 25.9 Å². The topological polar surface area (TPSA) is 46.7 Å². The molecule has 3 atom stereocenters. The van der Waals surface area contributed by atoms with Gasteiger partial charge in [0.05, 0.1) is 27.4 Å². The molecule has 3 rings (SSSR count). The summed E-state index contributed by atoms with van der Waals surface area (Å²) in [4.78, 5) is 0.253. The largest absolute Gasteiger partial charge is 0.369 e. The lowest BCUT2D eigenvalue weighted by molar-refractivity contribution is 0.322. The summed E-state index contributed by atoms with van der Waals surface area (Å²) in [6, 6.07) is 6.62. The average molecular weight is 259 g/mol. The highest BCUT2D eigenvalue weighted by Gasteiger charge is 2.52. The molecule has 0 radical (unpaired) electrons. The molecule has 0 unspecified atom stereocenters. The molecule has 0 amide bonds. The van der Waals surface area contributed by atoms with Crippen molar-refractivity contribution in [3.05, 3.63) is 29.3 Å². The molecule has 2 aliphatic rings. The lowest BCUT2D eigenvalue weighted by atomic mass is 10.3. The first-order chi connectivity index (χ1) is 7.59. The molecule has 2 fully saturated rings. The molecule has 16 heavy (non-hydrogen) atoms. The van der Waals surface area contributed by atoms with Crippen molar-refractivity contribution in [2.24, 2.45) is 0 Å². The van der Waals surface area contributed by atoms with Crippen LogP contribution in [0.3, 0.4) is 0 Å². The maximum atomic E-state index is 12.3. The molecule has 86 valence electrons. The van der Waals surface area contributed by atoms with E-state index in [-0.39, 0.29) is 22.4 Å². The minimum Gasteiger partial charge on any atom is -0.369 e. The Morgan fingerprint density at radius 2 is 1.81 bits per heavy atom. The van der Waals surface area contributed by atoms with Crippen molar-refractivity contribution in [3.8, 4) is 0 Å². The Kier molecular flexibility index (Phi) is 2.28. The Morgan fingerprint density at radius 1 is 1.19 bits per heavy atom. The van der Waals surface area contributed by atoms with Crippen LogP contribution in [0.1, 0.15) is 12.8 Å². The SMILES string of the molecule is O=S(=O)(c1ccccc1Cl)[C@H]1C[C@@H]2O[C@@H]2C1. The van der Waals surface area contributed by atoms with Crippen LogP contribution < -0.4 is 0 Å². The van der Waals surface area contributed by atoms with Crippen LogP contribution in [0.4, 0.5) is 0 Å². The molecular formula is C11H11ClO3S. The Hall–Kier alpha value is -0.580. The molecule has 0 bridgehead atoms. The molecule has 1 aromatic carbocycles. The number of hydrogen-bond acceptors (Lipinski definition) is 3. The third kappa shape index (κ3) is 1.56. The smallest absolute Gasteiger partial charge is 0.182 e. The van der Waals surface area contributed by atoms with E-state index in [1.54, 1.807) is 24.3 Å². The Morgan fingerprint density at radius 3 is 2.44 bits per heavy atom. The second kappa shape index (κ2) is 3.45. The highest BCUT2D eigenvalue weighted by atomic mass is 35.5. The zero-order valence-corrected chi connectivity index (χ0v) is 10.0. The average Bonchev–Trinajstić information content (AvgIpc) is 2.86. The van der Waals surface area contributed by atoms with Crippen molar-refractivity contribution in [1.82, 2.24) is 0 Å². The number of benzene rings is 1. The van der Waals surface area contributed by atoms with E-state index in [0.717, 1.165) is 0 Å². The first kappa shape index (κ1) is 10.6. The summed E-state index contributed by atoms with van der Waals surface area (Å²) in [7, 11) is -3.28. The third-order valence-corrected chi connectivity index (χ3v) is 5.93. The number of epoxide rings is 1. The summed E-state index contributed by atoms with van der Waals surface area (Å²) in [5.41, 5.74) is 0. The van der Waals surface area contributed by atoms with E-state index < -0.39 is 9.84 Å². The van der Waals surface area contributed by atoms with Gasteiger partial charge >= 0.3 is 0 Å². The quantitative estimate of drug-likeness (QED) is 0.763. The Labute approximate surface area is 99.3 Å². The number of hydrogen-bond donors (Lipinski definition) is 0. The fraction of sp³-hybridized carbons (Fsp3) is 0.455. The number of rotatable bonds is 2. The number of ether oxygens (including phenoxy) is 1. The minimum absolute atomic E-state index is 0.169. The van der Waals surface area contributed by atoms with Crippen LogP contribution in [0.2, 0.25) is 5.02 Å². The lowest BCUT2D eigenvalue weighted by Gasteiger charge is -2.13. The molecule has 0 aromatic heterocycles. The summed E-state index contributed by atoms with van der Waals surface area (Å²) in [5, 5.41) is -0.0138. The van der Waals surface area contributed by atoms with Crippen molar-refractivity contribution >= 4 is 21.4 Å². The van der Waals surface area contributed by atoms with Gasteiger partial charge in [0.25, 0.3) is 0 Å². The van der Waals surface area contributed by atoms with E-state index in [1.165, 1.54) is 0 Å². The van der Waals surface area contributed by atoms with Gasteiger partial charge in [0.1, 0.15) is 0 Å². The molecule has 1 saturated heterocycles. The van der Waals surface area contributed by atoms with Crippen molar-refractivity contribution in [1.29, 1.82) is 0 Å². The fourth-order valence-corrected chi connectivity index (χ4v) is 4.63. The summed E-state index contributed by atoms with van der Waals surface area (Å²) < 4.78 is 29.8. The van der Waals surface area contributed by atoms with Gasteiger partial charge in [0.15, 0.2) is 9.84 Å². The van der Waals surface area contributed by atoms with Crippen molar-refractivity contribution in [2.45, 2.75) is 35.2 Å². The molecule has 1 heterocycles. The molecule has 0 spiro atoms. The molecule has 1 saturated carbocycles. The van der Waals surface area contributed by atoms with Gasteiger partial charge in [-0.25, -0.2) is 8.42 Å². The van der Waals surface area contributed by atoms with Crippen molar-refractivity contribution in [3.63, 3.8) is 0 Å². The van der Waals surface area contributed by atoms with Crippen LogP contribution in [-0.2, 0) is 14.6 Å². The van der Waals surface area contributed by atoms with E-state index in [4.69, 9.17) is 16.3 Å². The van der Waals surface area contributed by atoms with E-state index in [2.05, 4.69) is 0 Å². The number of sulfone groups is 1. The van der Waals surface area contributed by atoms with Gasteiger partial charge in [-0.1, -0.05) is 23.7 Å². The highest BCUT2D eigenvalue weighted by Crippen LogP contribution is 2.43. The molecule has 1 aliphatic carbocycles. The number of fused-ring (bicyclic) bond motifs is 1. The summed E-state index contributed by atoms with van der Waals surface area (Å²) in [5.74, 6) is 0. The van der Waals surface area contributed by atoms with E-state index in [0.29, 0.717) is 17.9 Å². The molecule has 5 heteroatoms. The predicted octanol–water partition coefficient (Wildman–Crippen LogP) is 2.04. The van der Waals surface area contributed by atoms with Gasteiger partial charge in [-0.15, -0.1) is 0 Å². The lowest BCUT2D eigenvalue weighted by Crippen LogP contribution is -2.21. The standard InChI is InChI=1S/C11H11ClO3S/c12-8-3-1-2-4-11(8)16(13,14)7-5-9-10(6-7)15-9/h1-4,7,9-10H,5-6H2/t7-,9-,10+. The van der Waals surface area contributed by atoms with E-state index in [9.17, 15) is 8.42 Å². The molecule has 1 aromatic rings. The van der Waals surface area contributed by atoms with E-state index >= 15 is 0 Å². The van der Waals surface area contributed by atoms with Gasteiger partial charge < -0.3 is 4.74 Å². The minimum atomic E-state index is -3.28. The van der Waals surface area contributed by atoms with Crippen molar-refractivity contribution in [2.75, 3.05) is 0 Å². The molecule has 1 aliphatic heterocycles. The Balaban J connectivity index is 1.96. The summed E-state index contributed by atoms with van der Waals surface area (Å²) in [6.45, 7) is 0. The first-order valence-electron chi connectivity index (χ1n) is 5.23. The summed E-state index contributed by atoms with van der Waals surface area (Å²) in [6.07, 6.45) is 1.56. The normalized spacial score (nSPS) is 32.4. The zero-order chi connectivity index (χ0) is 11.3. The monoisotopic (exact) mass is 258 g/mol. The maximum absolute atomic E-state index is 12.3.